The molecule has 0 aromatic heterocycles. The Bertz CT molecular complexity index is 673. The number of quaternary nitrogens is 1. The number of hydrogen-bond acceptors (Lipinski definition) is 2. The second-order valence-corrected chi connectivity index (χ2v) is 5.94. The molecule has 0 fully saturated rings. The number of benzene rings is 2. The molecular formula is C19H24FN2O2+. The van der Waals surface area contributed by atoms with Crippen molar-refractivity contribution in [1.82, 2.24) is 5.32 Å². The number of ether oxygens (including phenoxy) is 1. The molecule has 4 nitrogen and oxygen atoms in total. The van der Waals surface area contributed by atoms with Crippen molar-refractivity contribution in [1.29, 1.82) is 0 Å². The monoisotopic (exact) mass is 331 g/mol. The van der Waals surface area contributed by atoms with E-state index in [1.54, 1.807) is 13.2 Å². The van der Waals surface area contributed by atoms with Crippen LogP contribution in [0.3, 0.4) is 0 Å². The Labute approximate surface area is 142 Å². The van der Waals surface area contributed by atoms with Crippen LogP contribution in [-0.2, 0) is 17.9 Å². The first kappa shape index (κ1) is 17.9. The summed E-state index contributed by atoms with van der Waals surface area (Å²) in [5.74, 6) is 0.509. The molecule has 0 spiro atoms. The molecule has 24 heavy (non-hydrogen) atoms. The molecule has 0 aliphatic rings. The van der Waals surface area contributed by atoms with Gasteiger partial charge in [0.1, 0.15) is 18.1 Å². The molecule has 0 heterocycles. The Kier molecular flexibility index (Phi) is 6.32. The summed E-state index contributed by atoms with van der Waals surface area (Å²) >= 11 is 0. The van der Waals surface area contributed by atoms with E-state index in [-0.39, 0.29) is 17.8 Å². The molecule has 0 saturated carbocycles. The van der Waals surface area contributed by atoms with Gasteiger partial charge in [-0.25, -0.2) is 4.39 Å². The summed E-state index contributed by atoms with van der Waals surface area (Å²) in [6, 6.07) is 13.8. The summed E-state index contributed by atoms with van der Waals surface area (Å²) in [6.07, 6.45) is 0. The minimum Gasteiger partial charge on any atom is -0.497 e. The molecule has 0 aliphatic heterocycles. The van der Waals surface area contributed by atoms with E-state index in [0.717, 1.165) is 21.8 Å². The van der Waals surface area contributed by atoms with Crippen LogP contribution in [0.5, 0.6) is 5.75 Å². The highest BCUT2D eigenvalue weighted by Gasteiger charge is 2.21. The first-order valence-electron chi connectivity index (χ1n) is 7.97. The van der Waals surface area contributed by atoms with Gasteiger partial charge in [0.2, 0.25) is 0 Å². The lowest BCUT2D eigenvalue weighted by molar-refractivity contribution is -0.908. The number of carbonyl (C=O) groups excluding carboxylic acids is 1. The van der Waals surface area contributed by atoms with Gasteiger partial charge in [-0.2, -0.15) is 0 Å². The van der Waals surface area contributed by atoms with E-state index in [4.69, 9.17) is 4.74 Å². The first-order chi connectivity index (χ1) is 11.5. The molecule has 0 saturated heterocycles. The Morgan fingerprint density at radius 2 is 1.92 bits per heavy atom. The fraction of sp³-hybridized carbons (Fsp3) is 0.316. The molecule has 2 atom stereocenters. The third kappa shape index (κ3) is 5.06. The summed E-state index contributed by atoms with van der Waals surface area (Å²) in [4.78, 5) is 13.3. The van der Waals surface area contributed by atoms with Crippen molar-refractivity contribution in [3.63, 3.8) is 0 Å². The van der Waals surface area contributed by atoms with Gasteiger partial charge in [0.05, 0.1) is 14.2 Å². The number of carbonyl (C=O) groups is 1. The Hall–Kier alpha value is -2.40. The third-order valence-electron chi connectivity index (χ3n) is 4.13. The van der Waals surface area contributed by atoms with Crippen LogP contribution in [-0.4, -0.2) is 26.1 Å². The van der Waals surface area contributed by atoms with Gasteiger partial charge in [0, 0.05) is 12.1 Å². The van der Waals surface area contributed by atoms with E-state index in [1.807, 2.05) is 44.3 Å². The molecule has 1 unspecified atom stereocenters. The molecule has 0 radical (unpaired) electrons. The van der Waals surface area contributed by atoms with Gasteiger partial charge >= 0.3 is 0 Å². The second kappa shape index (κ2) is 8.45. The number of halogens is 1. The average molecular weight is 331 g/mol. The van der Waals surface area contributed by atoms with Crippen LogP contribution in [0, 0.1) is 5.82 Å². The zero-order valence-corrected chi connectivity index (χ0v) is 14.3. The standard InChI is InChI=1S/C19H23FN2O2/c1-14(22(2)13-16-5-4-6-17(20)11-16)19(23)21-12-15-7-9-18(24-3)10-8-15/h4-11,14H,12-13H2,1-3H3,(H,21,23)/p+1/t14-/m0/s1. The van der Waals surface area contributed by atoms with E-state index < -0.39 is 0 Å². The molecule has 0 bridgehead atoms. The lowest BCUT2D eigenvalue weighted by atomic mass is 10.1. The first-order valence-corrected chi connectivity index (χ1v) is 7.97. The molecule has 5 heteroatoms. The molecule has 2 rings (SSSR count). The molecule has 128 valence electrons. The lowest BCUT2D eigenvalue weighted by Crippen LogP contribution is -3.12. The van der Waals surface area contributed by atoms with Gasteiger partial charge < -0.3 is 15.0 Å². The molecular weight excluding hydrogens is 307 g/mol. The van der Waals surface area contributed by atoms with Crippen LogP contribution in [0.2, 0.25) is 0 Å². The van der Waals surface area contributed by atoms with E-state index in [0.29, 0.717) is 13.1 Å². The number of hydrogen-bond donors (Lipinski definition) is 2. The fourth-order valence-electron chi connectivity index (χ4n) is 2.43. The summed E-state index contributed by atoms with van der Waals surface area (Å²) < 4.78 is 18.4. The van der Waals surface area contributed by atoms with Crippen LogP contribution < -0.4 is 15.0 Å². The molecule has 2 aromatic rings. The van der Waals surface area contributed by atoms with Gasteiger partial charge in [-0.1, -0.05) is 24.3 Å². The zero-order valence-electron chi connectivity index (χ0n) is 14.3. The van der Waals surface area contributed by atoms with Crippen molar-refractivity contribution in [3.05, 3.63) is 65.5 Å². The van der Waals surface area contributed by atoms with Crippen LogP contribution in [0.25, 0.3) is 0 Å². The van der Waals surface area contributed by atoms with Crippen molar-refractivity contribution >= 4 is 5.91 Å². The predicted octanol–water partition coefficient (Wildman–Crippen LogP) is 1.55. The summed E-state index contributed by atoms with van der Waals surface area (Å²) in [5.41, 5.74) is 1.89. The van der Waals surface area contributed by atoms with Gasteiger partial charge in [0.15, 0.2) is 6.04 Å². The van der Waals surface area contributed by atoms with Crippen molar-refractivity contribution < 1.29 is 18.8 Å². The highest BCUT2D eigenvalue weighted by molar-refractivity contribution is 5.79. The Morgan fingerprint density at radius 3 is 2.54 bits per heavy atom. The molecule has 2 N–H and O–H groups in total. The van der Waals surface area contributed by atoms with Crippen LogP contribution in [0.1, 0.15) is 18.1 Å². The third-order valence-corrected chi connectivity index (χ3v) is 4.13. The van der Waals surface area contributed by atoms with Crippen molar-refractivity contribution in [2.24, 2.45) is 0 Å². The van der Waals surface area contributed by atoms with E-state index >= 15 is 0 Å². The lowest BCUT2D eigenvalue weighted by Gasteiger charge is -2.21. The van der Waals surface area contributed by atoms with Crippen LogP contribution in [0.15, 0.2) is 48.5 Å². The normalized spacial score (nSPS) is 13.2. The fourth-order valence-corrected chi connectivity index (χ4v) is 2.43. The minimum atomic E-state index is -0.253. The SMILES string of the molecule is COc1ccc(CNC(=O)[C@H](C)[NH+](C)Cc2cccc(F)c2)cc1. The number of nitrogens with one attached hydrogen (secondary N) is 2. The smallest absolute Gasteiger partial charge is 0.278 e. The maximum Gasteiger partial charge on any atom is 0.278 e. The summed E-state index contributed by atoms with van der Waals surface area (Å²) in [7, 11) is 3.55. The van der Waals surface area contributed by atoms with Gasteiger partial charge in [-0.05, 0) is 36.8 Å². The average Bonchev–Trinajstić information content (AvgIpc) is 2.59. The number of likely N-dealkylation sites (N-methyl/N-ethyl adjacent to an activating group) is 1. The predicted molar refractivity (Wildman–Crippen MR) is 91.3 cm³/mol. The number of amides is 1. The van der Waals surface area contributed by atoms with Gasteiger partial charge in [-0.3, -0.25) is 4.79 Å². The highest BCUT2D eigenvalue weighted by Crippen LogP contribution is 2.10. The van der Waals surface area contributed by atoms with Gasteiger partial charge in [-0.15, -0.1) is 0 Å². The maximum atomic E-state index is 13.2. The molecule has 2 aromatic carbocycles. The van der Waals surface area contributed by atoms with Gasteiger partial charge in [0.25, 0.3) is 5.91 Å². The zero-order chi connectivity index (χ0) is 17.5. The molecule has 0 aliphatic carbocycles. The van der Waals surface area contributed by atoms with E-state index in [2.05, 4.69) is 5.32 Å². The Balaban J connectivity index is 1.86. The van der Waals surface area contributed by atoms with Crippen molar-refractivity contribution in [2.45, 2.75) is 26.1 Å². The van der Waals surface area contributed by atoms with Crippen LogP contribution in [0.4, 0.5) is 4.39 Å². The minimum absolute atomic E-state index is 0.0280. The number of methoxy groups -OCH3 is 1. The summed E-state index contributed by atoms with van der Waals surface area (Å²) in [5, 5.41) is 2.94. The quantitative estimate of drug-likeness (QED) is 0.808. The largest absolute Gasteiger partial charge is 0.497 e. The van der Waals surface area contributed by atoms with E-state index in [9.17, 15) is 9.18 Å². The Morgan fingerprint density at radius 1 is 1.21 bits per heavy atom. The summed E-state index contributed by atoms with van der Waals surface area (Å²) in [6.45, 7) is 2.94. The topological polar surface area (TPSA) is 42.8 Å². The maximum absolute atomic E-state index is 13.2. The van der Waals surface area contributed by atoms with Crippen LogP contribution >= 0.6 is 0 Å². The van der Waals surface area contributed by atoms with E-state index in [1.165, 1.54) is 12.1 Å². The van der Waals surface area contributed by atoms with Crippen molar-refractivity contribution in [2.75, 3.05) is 14.2 Å². The van der Waals surface area contributed by atoms with Crippen molar-refractivity contribution in [3.8, 4) is 5.75 Å². The molecule has 1 amide bonds. The highest BCUT2D eigenvalue weighted by atomic mass is 19.1. The second-order valence-electron chi connectivity index (χ2n) is 5.94. The number of rotatable bonds is 7.